The third kappa shape index (κ3) is 3.92. The number of anilines is 1. The van der Waals surface area contributed by atoms with E-state index >= 15 is 0 Å². The number of amides is 1. The van der Waals surface area contributed by atoms with Gasteiger partial charge in [0, 0.05) is 25.8 Å². The molecule has 3 aromatic rings. The van der Waals surface area contributed by atoms with Crippen molar-refractivity contribution in [3.8, 4) is 5.75 Å². The molecule has 1 aromatic carbocycles. The number of methoxy groups -OCH3 is 1. The Morgan fingerprint density at radius 3 is 2.74 bits per heavy atom. The zero-order valence-corrected chi connectivity index (χ0v) is 17.3. The van der Waals surface area contributed by atoms with Crippen LogP contribution in [0.4, 0.5) is 5.13 Å². The summed E-state index contributed by atoms with van der Waals surface area (Å²) in [5, 5.41) is 5.39. The lowest BCUT2D eigenvalue weighted by Gasteiger charge is -2.22. The van der Waals surface area contributed by atoms with Gasteiger partial charge in [-0.15, -0.1) is 0 Å². The Morgan fingerprint density at radius 2 is 2.07 bits per heavy atom. The highest BCUT2D eigenvalue weighted by Crippen LogP contribution is 2.39. The molecule has 2 heterocycles. The summed E-state index contributed by atoms with van der Waals surface area (Å²) in [5.41, 5.74) is 1.20. The van der Waals surface area contributed by atoms with Crippen molar-refractivity contribution in [2.75, 3.05) is 39.2 Å². The molecule has 0 atom stereocenters. The van der Waals surface area contributed by atoms with Crippen molar-refractivity contribution in [2.45, 2.75) is 13.5 Å². The molecule has 1 amide bonds. The molecule has 0 aliphatic rings. The number of aromatic nitrogens is 3. The second-order valence-electron chi connectivity index (χ2n) is 6.22. The first kappa shape index (κ1) is 19.6. The van der Waals surface area contributed by atoms with Crippen LogP contribution in [0.3, 0.4) is 0 Å². The Hall–Kier alpha value is -2.16. The number of aryl methyl sites for hydroxylation is 1. The van der Waals surface area contributed by atoms with Gasteiger partial charge < -0.3 is 9.64 Å². The van der Waals surface area contributed by atoms with Crippen LogP contribution in [0.15, 0.2) is 24.4 Å². The van der Waals surface area contributed by atoms with Crippen LogP contribution in [-0.4, -0.2) is 59.9 Å². The van der Waals surface area contributed by atoms with Crippen LogP contribution in [0.5, 0.6) is 5.75 Å². The smallest absolute Gasteiger partial charge is 0.278 e. The lowest BCUT2D eigenvalue weighted by molar-refractivity contribution is 0.0975. The summed E-state index contributed by atoms with van der Waals surface area (Å²) in [4.78, 5) is 21.6. The van der Waals surface area contributed by atoms with E-state index in [1.165, 1.54) is 11.3 Å². The summed E-state index contributed by atoms with van der Waals surface area (Å²) < 4.78 is 7.89. The molecule has 2 aromatic heterocycles. The van der Waals surface area contributed by atoms with Crippen LogP contribution < -0.4 is 9.64 Å². The first-order valence-corrected chi connectivity index (χ1v) is 9.77. The summed E-state index contributed by atoms with van der Waals surface area (Å²) in [6.45, 7) is 3.78. The Morgan fingerprint density at radius 1 is 1.30 bits per heavy atom. The van der Waals surface area contributed by atoms with Crippen molar-refractivity contribution >= 4 is 44.2 Å². The van der Waals surface area contributed by atoms with Gasteiger partial charge in [-0.05, 0) is 39.2 Å². The van der Waals surface area contributed by atoms with E-state index in [0.29, 0.717) is 46.7 Å². The Bertz CT molecular complexity index is 953. The van der Waals surface area contributed by atoms with E-state index in [1.807, 2.05) is 25.9 Å². The van der Waals surface area contributed by atoms with E-state index in [2.05, 4.69) is 10.1 Å². The number of likely N-dealkylation sites (N-methyl/N-ethyl adjacent to an activating group) is 1. The van der Waals surface area contributed by atoms with Crippen LogP contribution in [0, 0.1) is 0 Å². The first-order chi connectivity index (χ1) is 13.0. The van der Waals surface area contributed by atoms with E-state index in [0.717, 1.165) is 4.70 Å². The number of nitrogens with zero attached hydrogens (tertiary/aromatic N) is 5. The zero-order valence-electron chi connectivity index (χ0n) is 15.8. The van der Waals surface area contributed by atoms with Gasteiger partial charge in [0.2, 0.25) is 0 Å². The van der Waals surface area contributed by atoms with Crippen LogP contribution in [0.25, 0.3) is 10.2 Å². The summed E-state index contributed by atoms with van der Waals surface area (Å²) >= 11 is 7.73. The predicted molar refractivity (Wildman–Crippen MR) is 109 cm³/mol. The van der Waals surface area contributed by atoms with Gasteiger partial charge >= 0.3 is 0 Å². The van der Waals surface area contributed by atoms with E-state index in [-0.39, 0.29) is 5.91 Å². The maximum Gasteiger partial charge on any atom is 0.278 e. The molecule has 144 valence electrons. The largest absolute Gasteiger partial charge is 0.494 e. The Labute approximate surface area is 167 Å². The third-order valence-electron chi connectivity index (χ3n) is 4.15. The van der Waals surface area contributed by atoms with Crippen LogP contribution in [0.1, 0.15) is 17.4 Å². The fourth-order valence-corrected chi connectivity index (χ4v) is 3.99. The fourth-order valence-electron chi connectivity index (χ4n) is 2.71. The highest BCUT2D eigenvalue weighted by Gasteiger charge is 2.25. The standard InChI is InChI=1S/C18H22ClN5O2S/c1-5-24-13(8-9-20-24)17(25)23(11-10-22(2)3)18-21-15-14(26-4)7-6-12(19)16(15)27-18/h6-9H,5,10-11H2,1-4H3. The highest BCUT2D eigenvalue weighted by molar-refractivity contribution is 7.23. The molecule has 0 bridgehead atoms. The van der Waals surface area contributed by atoms with E-state index in [9.17, 15) is 4.79 Å². The molecule has 3 rings (SSSR count). The maximum absolute atomic E-state index is 13.3. The first-order valence-electron chi connectivity index (χ1n) is 8.57. The van der Waals surface area contributed by atoms with Crippen molar-refractivity contribution in [3.05, 3.63) is 35.1 Å². The summed E-state index contributed by atoms with van der Waals surface area (Å²) in [6, 6.07) is 5.30. The maximum atomic E-state index is 13.3. The van der Waals surface area contributed by atoms with Crippen molar-refractivity contribution < 1.29 is 9.53 Å². The fraction of sp³-hybridized carbons (Fsp3) is 0.389. The van der Waals surface area contributed by atoms with Gasteiger partial charge in [0.25, 0.3) is 5.91 Å². The number of ether oxygens (including phenoxy) is 1. The number of rotatable bonds is 7. The molecule has 0 saturated heterocycles. The van der Waals surface area contributed by atoms with E-state index in [1.54, 1.807) is 41.1 Å². The number of hydrogen-bond donors (Lipinski definition) is 0. The number of thiazole rings is 1. The monoisotopic (exact) mass is 407 g/mol. The molecule has 0 aliphatic carbocycles. The summed E-state index contributed by atoms with van der Waals surface area (Å²) in [5.74, 6) is 0.501. The quantitative estimate of drug-likeness (QED) is 0.600. The van der Waals surface area contributed by atoms with Crippen LogP contribution in [-0.2, 0) is 6.54 Å². The van der Waals surface area contributed by atoms with Gasteiger partial charge in [-0.2, -0.15) is 5.10 Å². The lowest BCUT2D eigenvalue weighted by Crippen LogP contribution is -2.37. The highest BCUT2D eigenvalue weighted by atomic mass is 35.5. The van der Waals surface area contributed by atoms with Crippen LogP contribution in [0.2, 0.25) is 5.02 Å². The number of carbonyl (C=O) groups excluding carboxylic acids is 1. The van der Waals surface area contributed by atoms with Gasteiger partial charge in [-0.25, -0.2) is 4.98 Å². The minimum absolute atomic E-state index is 0.134. The SMILES string of the molecule is CCn1nccc1C(=O)N(CCN(C)C)c1nc2c(OC)ccc(Cl)c2s1. The van der Waals surface area contributed by atoms with Crippen molar-refractivity contribution in [1.29, 1.82) is 0 Å². The molecular weight excluding hydrogens is 386 g/mol. The predicted octanol–water partition coefficient (Wildman–Crippen LogP) is 3.38. The lowest BCUT2D eigenvalue weighted by atomic mass is 10.3. The van der Waals surface area contributed by atoms with Gasteiger partial charge in [0.05, 0.1) is 16.8 Å². The van der Waals surface area contributed by atoms with Crippen molar-refractivity contribution in [3.63, 3.8) is 0 Å². The third-order valence-corrected chi connectivity index (χ3v) is 5.69. The molecular formula is C18H22ClN5O2S. The molecule has 0 aliphatic heterocycles. The van der Waals surface area contributed by atoms with Gasteiger partial charge in [0.1, 0.15) is 17.0 Å². The molecule has 0 unspecified atom stereocenters. The van der Waals surface area contributed by atoms with Crippen LogP contribution >= 0.6 is 22.9 Å². The van der Waals surface area contributed by atoms with Crippen molar-refractivity contribution in [1.82, 2.24) is 19.7 Å². The zero-order chi connectivity index (χ0) is 19.6. The molecule has 0 radical (unpaired) electrons. The number of hydrogen-bond acceptors (Lipinski definition) is 6. The van der Waals surface area contributed by atoms with Crippen molar-refractivity contribution in [2.24, 2.45) is 0 Å². The molecule has 9 heteroatoms. The molecule has 0 spiro atoms. The Kier molecular flexibility index (Phi) is 5.98. The summed E-state index contributed by atoms with van der Waals surface area (Å²) in [7, 11) is 5.53. The number of benzene rings is 1. The molecule has 0 fully saturated rings. The molecule has 0 saturated carbocycles. The average Bonchev–Trinajstić information content (AvgIpc) is 3.29. The Balaban J connectivity index is 2.06. The second kappa shape index (κ2) is 8.24. The average molecular weight is 408 g/mol. The topological polar surface area (TPSA) is 63.5 Å². The number of carbonyl (C=O) groups is 1. The number of halogens is 1. The van der Waals surface area contributed by atoms with E-state index in [4.69, 9.17) is 16.3 Å². The van der Waals surface area contributed by atoms with E-state index < -0.39 is 0 Å². The van der Waals surface area contributed by atoms with Gasteiger partial charge in [-0.1, -0.05) is 22.9 Å². The second-order valence-corrected chi connectivity index (χ2v) is 7.60. The summed E-state index contributed by atoms with van der Waals surface area (Å²) in [6.07, 6.45) is 1.64. The van der Waals surface area contributed by atoms with Gasteiger partial charge in [-0.3, -0.25) is 14.4 Å². The molecule has 7 nitrogen and oxygen atoms in total. The normalized spacial score (nSPS) is 11.3. The molecule has 27 heavy (non-hydrogen) atoms. The van der Waals surface area contributed by atoms with Gasteiger partial charge in [0.15, 0.2) is 5.13 Å². The minimum atomic E-state index is -0.134. The number of fused-ring (bicyclic) bond motifs is 1. The molecule has 0 N–H and O–H groups in total. The minimum Gasteiger partial charge on any atom is -0.494 e.